The van der Waals surface area contributed by atoms with Crippen molar-refractivity contribution in [2.45, 2.75) is 50.2 Å². The van der Waals surface area contributed by atoms with E-state index in [1.807, 2.05) is 0 Å². The van der Waals surface area contributed by atoms with Crippen LogP contribution in [0.4, 0.5) is 0 Å². The van der Waals surface area contributed by atoms with Gasteiger partial charge in [0.15, 0.2) is 0 Å². The van der Waals surface area contributed by atoms with E-state index in [0.29, 0.717) is 6.04 Å². The minimum atomic E-state index is 0.234. The molecular formula is C15H30N2O2. The number of methoxy groups -OCH3 is 1. The summed E-state index contributed by atoms with van der Waals surface area (Å²) in [4.78, 5) is 2.32. The fourth-order valence-electron chi connectivity index (χ4n) is 3.39. The van der Waals surface area contributed by atoms with Crippen LogP contribution in [-0.4, -0.2) is 63.5 Å². The summed E-state index contributed by atoms with van der Waals surface area (Å²) in [7, 11) is 3.91. The molecule has 1 saturated heterocycles. The quantitative estimate of drug-likeness (QED) is 0.762. The largest absolute Gasteiger partial charge is 0.383 e. The zero-order chi connectivity index (χ0) is 13.6. The Morgan fingerprint density at radius 1 is 1.32 bits per heavy atom. The van der Waals surface area contributed by atoms with Crippen molar-refractivity contribution in [2.75, 3.05) is 47.0 Å². The van der Waals surface area contributed by atoms with Gasteiger partial charge in [0, 0.05) is 39.4 Å². The maximum Gasteiger partial charge on any atom is 0.0697 e. The Bertz CT molecular complexity index is 255. The first-order chi connectivity index (χ1) is 9.24. The highest BCUT2D eigenvalue weighted by molar-refractivity contribution is 4.93. The Hall–Kier alpha value is -0.160. The molecule has 1 saturated carbocycles. The minimum absolute atomic E-state index is 0.234. The first-order valence-electron chi connectivity index (χ1n) is 7.79. The number of nitrogens with one attached hydrogen (secondary N) is 1. The van der Waals surface area contributed by atoms with Gasteiger partial charge >= 0.3 is 0 Å². The van der Waals surface area contributed by atoms with E-state index in [0.717, 1.165) is 32.8 Å². The molecule has 2 rings (SSSR count). The molecule has 0 aromatic heterocycles. The van der Waals surface area contributed by atoms with E-state index in [1.165, 1.54) is 38.5 Å². The third kappa shape index (κ3) is 4.71. The summed E-state index contributed by atoms with van der Waals surface area (Å²) in [5, 5.41) is 3.72. The molecule has 2 fully saturated rings. The van der Waals surface area contributed by atoms with Gasteiger partial charge in [0.05, 0.1) is 12.2 Å². The highest BCUT2D eigenvalue weighted by Gasteiger charge is 2.39. The first kappa shape index (κ1) is 15.2. The zero-order valence-corrected chi connectivity index (χ0v) is 12.6. The lowest BCUT2D eigenvalue weighted by Gasteiger charge is -2.38. The molecule has 4 heteroatoms. The Morgan fingerprint density at radius 2 is 2.11 bits per heavy atom. The molecule has 1 spiro atoms. The smallest absolute Gasteiger partial charge is 0.0697 e. The lowest BCUT2D eigenvalue weighted by molar-refractivity contribution is -0.0836. The maximum absolute atomic E-state index is 6.07. The van der Waals surface area contributed by atoms with Crippen LogP contribution in [0.5, 0.6) is 0 Å². The number of hydrogen-bond donors (Lipinski definition) is 1. The lowest BCUT2D eigenvalue weighted by Crippen LogP contribution is -2.47. The van der Waals surface area contributed by atoms with Crippen LogP contribution in [0.1, 0.15) is 38.5 Å². The number of nitrogens with zero attached hydrogens (tertiary/aromatic N) is 1. The Morgan fingerprint density at radius 3 is 2.84 bits per heavy atom. The zero-order valence-electron chi connectivity index (χ0n) is 12.6. The maximum atomic E-state index is 6.07. The van der Waals surface area contributed by atoms with Gasteiger partial charge in [0.1, 0.15) is 0 Å². The van der Waals surface area contributed by atoms with Crippen LogP contribution in [0, 0.1) is 0 Å². The number of hydrogen-bond acceptors (Lipinski definition) is 4. The summed E-state index contributed by atoms with van der Waals surface area (Å²) in [6, 6.07) is 0.655. The summed E-state index contributed by atoms with van der Waals surface area (Å²) in [5.74, 6) is 0. The molecule has 1 unspecified atom stereocenters. The molecule has 1 N–H and O–H groups in total. The Balaban J connectivity index is 1.63. The second-order valence-electron chi connectivity index (χ2n) is 6.18. The molecule has 0 aromatic carbocycles. The van der Waals surface area contributed by atoms with Gasteiger partial charge in [-0.05, 0) is 32.7 Å². The van der Waals surface area contributed by atoms with Crippen LogP contribution in [-0.2, 0) is 9.47 Å². The van der Waals surface area contributed by atoms with E-state index < -0.39 is 0 Å². The predicted octanol–water partition coefficient (Wildman–Crippen LogP) is 1.65. The molecule has 1 aliphatic heterocycles. The van der Waals surface area contributed by atoms with Crippen LogP contribution in [0.2, 0.25) is 0 Å². The average molecular weight is 270 g/mol. The van der Waals surface area contributed by atoms with Gasteiger partial charge in [0.2, 0.25) is 0 Å². The summed E-state index contributed by atoms with van der Waals surface area (Å²) in [5.41, 5.74) is 0.234. The van der Waals surface area contributed by atoms with Gasteiger partial charge in [-0.3, -0.25) is 0 Å². The number of ether oxygens (including phenoxy) is 2. The SMILES string of the molecule is COCCN(C)CCNC1CCOC2(CCCC2)C1. The monoisotopic (exact) mass is 270 g/mol. The molecule has 0 amide bonds. The molecule has 0 radical (unpaired) electrons. The molecule has 1 heterocycles. The normalized spacial score (nSPS) is 26.4. The second-order valence-corrected chi connectivity index (χ2v) is 6.18. The fourth-order valence-corrected chi connectivity index (χ4v) is 3.39. The van der Waals surface area contributed by atoms with Gasteiger partial charge in [-0.2, -0.15) is 0 Å². The molecule has 1 aliphatic carbocycles. The van der Waals surface area contributed by atoms with Gasteiger partial charge in [-0.1, -0.05) is 12.8 Å². The molecule has 112 valence electrons. The van der Waals surface area contributed by atoms with Crippen molar-refractivity contribution < 1.29 is 9.47 Å². The Labute approximate surface area is 117 Å². The third-order valence-corrected chi connectivity index (χ3v) is 4.61. The van der Waals surface area contributed by atoms with Crippen LogP contribution in [0.3, 0.4) is 0 Å². The van der Waals surface area contributed by atoms with Crippen molar-refractivity contribution in [1.29, 1.82) is 0 Å². The molecule has 1 atom stereocenters. The summed E-state index contributed by atoms with van der Waals surface area (Å²) >= 11 is 0. The molecule has 0 aromatic rings. The van der Waals surface area contributed by atoms with Gasteiger partial charge in [0.25, 0.3) is 0 Å². The van der Waals surface area contributed by atoms with Crippen molar-refractivity contribution in [1.82, 2.24) is 10.2 Å². The van der Waals surface area contributed by atoms with Crippen LogP contribution < -0.4 is 5.32 Å². The Kier molecular flexibility index (Phi) is 6.07. The van der Waals surface area contributed by atoms with Crippen LogP contribution >= 0.6 is 0 Å². The van der Waals surface area contributed by atoms with Crippen molar-refractivity contribution in [3.8, 4) is 0 Å². The van der Waals surface area contributed by atoms with Crippen molar-refractivity contribution in [3.05, 3.63) is 0 Å². The second kappa shape index (κ2) is 7.58. The molecular weight excluding hydrogens is 240 g/mol. The fraction of sp³-hybridized carbons (Fsp3) is 1.00. The van der Waals surface area contributed by atoms with Crippen molar-refractivity contribution in [2.24, 2.45) is 0 Å². The highest BCUT2D eigenvalue weighted by atomic mass is 16.5. The predicted molar refractivity (Wildman–Crippen MR) is 77.5 cm³/mol. The first-order valence-corrected chi connectivity index (χ1v) is 7.79. The topological polar surface area (TPSA) is 33.7 Å². The molecule has 0 bridgehead atoms. The van der Waals surface area contributed by atoms with Gasteiger partial charge in [-0.15, -0.1) is 0 Å². The lowest BCUT2D eigenvalue weighted by atomic mass is 9.89. The minimum Gasteiger partial charge on any atom is -0.383 e. The van der Waals surface area contributed by atoms with Crippen LogP contribution in [0.25, 0.3) is 0 Å². The molecule has 4 nitrogen and oxygen atoms in total. The summed E-state index contributed by atoms with van der Waals surface area (Å²) in [6.45, 7) is 4.93. The summed E-state index contributed by atoms with van der Waals surface area (Å²) < 4.78 is 11.2. The molecule has 19 heavy (non-hydrogen) atoms. The average Bonchev–Trinajstić information content (AvgIpc) is 2.84. The van der Waals surface area contributed by atoms with E-state index >= 15 is 0 Å². The summed E-state index contributed by atoms with van der Waals surface area (Å²) in [6.07, 6.45) is 7.65. The third-order valence-electron chi connectivity index (χ3n) is 4.61. The molecule has 2 aliphatic rings. The standard InChI is InChI=1S/C15H30N2O2/c1-17(10-12-18-2)9-8-16-14-5-11-19-15(13-14)6-3-4-7-15/h14,16H,3-13H2,1-2H3. The number of likely N-dealkylation sites (N-methyl/N-ethyl adjacent to an activating group) is 1. The van der Waals surface area contributed by atoms with Crippen molar-refractivity contribution >= 4 is 0 Å². The van der Waals surface area contributed by atoms with E-state index in [9.17, 15) is 0 Å². The van der Waals surface area contributed by atoms with Crippen LogP contribution in [0.15, 0.2) is 0 Å². The van der Waals surface area contributed by atoms with E-state index in [2.05, 4.69) is 17.3 Å². The van der Waals surface area contributed by atoms with E-state index in [4.69, 9.17) is 9.47 Å². The number of rotatable bonds is 7. The van der Waals surface area contributed by atoms with Crippen molar-refractivity contribution in [3.63, 3.8) is 0 Å². The van der Waals surface area contributed by atoms with Gasteiger partial charge < -0.3 is 19.7 Å². The van der Waals surface area contributed by atoms with E-state index in [-0.39, 0.29) is 5.60 Å². The highest BCUT2D eigenvalue weighted by Crippen LogP contribution is 2.39. The van der Waals surface area contributed by atoms with E-state index in [1.54, 1.807) is 7.11 Å². The van der Waals surface area contributed by atoms with Gasteiger partial charge in [-0.25, -0.2) is 0 Å².